The number of nitrogens with zero attached hydrogens (tertiary/aromatic N) is 3. The molecular weight excluding hydrogens is 378 g/mol. The molecule has 7 heteroatoms. The highest BCUT2D eigenvalue weighted by Gasteiger charge is 2.24. The van der Waals surface area contributed by atoms with Crippen molar-refractivity contribution in [1.82, 2.24) is 20.2 Å². The van der Waals surface area contributed by atoms with Gasteiger partial charge in [-0.2, -0.15) is 5.10 Å². The summed E-state index contributed by atoms with van der Waals surface area (Å²) in [6.45, 7) is 8.54. The van der Waals surface area contributed by atoms with Crippen LogP contribution in [0.25, 0.3) is 5.52 Å². The number of hydrogen-bond acceptors (Lipinski definition) is 5. The lowest BCUT2D eigenvalue weighted by molar-refractivity contribution is 0.0917. The van der Waals surface area contributed by atoms with Gasteiger partial charge in [0.15, 0.2) is 0 Å². The number of carbonyl (C=O) groups excluding carboxylic acids is 1. The third-order valence-corrected chi connectivity index (χ3v) is 5.96. The quantitative estimate of drug-likeness (QED) is 0.698. The van der Waals surface area contributed by atoms with Crippen LogP contribution in [-0.2, 0) is 6.42 Å². The number of amides is 1. The molecule has 1 fully saturated rings. The topological polar surface area (TPSA) is 70.9 Å². The molecule has 1 atom stereocenters. The molecular formula is C23H27N5O2. The number of pyridine rings is 1. The Morgan fingerprint density at radius 1 is 1.20 bits per heavy atom. The zero-order valence-electron chi connectivity index (χ0n) is 17.4. The van der Waals surface area contributed by atoms with E-state index in [0.717, 1.165) is 60.7 Å². The van der Waals surface area contributed by atoms with Crippen molar-refractivity contribution in [3.05, 3.63) is 58.9 Å². The highest BCUT2D eigenvalue weighted by atomic mass is 16.5. The summed E-state index contributed by atoms with van der Waals surface area (Å²) in [6.07, 6.45) is 2.41. The first-order valence-corrected chi connectivity index (χ1v) is 10.6. The number of nitrogens with one attached hydrogen (secondary N) is 2. The number of aryl methyl sites for hydroxylation is 2. The summed E-state index contributed by atoms with van der Waals surface area (Å²) in [7, 11) is 0. The van der Waals surface area contributed by atoms with Gasteiger partial charge < -0.3 is 20.3 Å². The smallest absolute Gasteiger partial charge is 0.255 e. The normalized spacial score (nSPS) is 18.7. The van der Waals surface area contributed by atoms with E-state index in [1.165, 1.54) is 5.69 Å². The Hall–Kier alpha value is -3.06. The van der Waals surface area contributed by atoms with Crippen LogP contribution in [-0.4, -0.2) is 54.3 Å². The molecule has 2 N–H and O–H groups in total. The molecule has 30 heavy (non-hydrogen) atoms. The summed E-state index contributed by atoms with van der Waals surface area (Å²) >= 11 is 0. The largest absolute Gasteiger partial charge is 0.491 e. The summed E-state index contributed by atoms with van der Waals surface area (Å²) in [6, 6.07) is 10.4. The third kappa shape index (κ3) is 3.50. The molecule has 2 aromatic heterocycles. The molecule has 7 nitrogen and oxygen atoms in total. The van der Waals surface area contributed by atoms with Crippen LogP contribution in [0.4, 0.5) is 5.69 Å². The van der Waals surface area contributed by atoms with E-state index in [0.29, 0.717) is 12.2 Å². The molecule has 1 amide bonds. The van der Waals surface area contributed by atoms with Gasteiger partial charge in [-0.05, 0) is 49.6 Å². The second kappa shape index (κ2) is 7.65. The van der Waals surface area contributed by atoms with Crippen molar-refractivity contribution in [2.75, 3.05) is 37.7 Å². The van der Waals surface area contributed by atoms with Gasteiger partial charge in [0.25, 0.3) is 5.91 Å². The first-order chi connectivity index (χ1) is 14.6. The molecule has 2 aliphatic heterocycles. The van der Waals surface area contributed by atoms with Crippen LogP contribution in [0.2, 0.25) is 0 Å². The Bertz CT molecular complexity index is 1100. The average Bonchev–Trinajstić information content (AvgIpc) is 3.18. The second-order valence-electron chi connectivity index (χ2n) is 8.24. The van der Waals surface area contributed by atoms with Gasteiger partial charge in [0.2, 0.25) is 0 Å². The van der Waals surface area contributed by atoms with Crippen LogP contribution in [0, 0.1) is 13.8 Å². The van der Waals surface area contributed by atoms with Gasteiger partial charge in [0.1, 0.15) is 12.4 Å². The minimum atomic E-state index is -0.107. The minimum absolute atomic E-state index is 0.0594. The third-order valence-electron chi connectivity index (χ3n) is 5.96. The van der Waals surface area contributed by atoms with Crippen LogP contribution in [0.3, 0.4) is 0 Å². The van der Waals surface area contributed by atoms with Gasteiger partial charge in [-0.3, -0.25) is 4.79 Å². The summed E-state index contributed by atoms with van der Waals surface area (Å²) in [4.78, 5) is 15.3. The van der Waals surface area contributed by atoms with E-state index in [-0.39, 0.29) is 11.9 Å². The van der Waals surface area contributed by atoms with E-state index in [1.807, 2.05) is 24.4 Å². The van der Waals surface area contributed by atoms with Crippen LogP contribution in [0.5, 0.6) is 5.75 Å². The summed E-state index contributed by atoms with van der Waals surface area (Å²) in [5.41, 5.74) is 5.90. The van der Waals surface area contributed by atoms with Crippen molar-refractivity contribution in [3.8, 4) is 5.75 Å². The van der Waals surface area contributed by atoms with Crippen molar-refractivity contribution in [3.63, 3.8) is 0 Å². The molecule has 1 saturated heterocycles. The lowest BCUT2D eigenvalue weighted by Crippen LogP contribution is -2.44. The number of fused-ring (bicyclic) bond motifs is 2. The molecule has 0 unspecified atom stereocenters. The second-order valence-corrected chi connectivity index (χ2v) is 8.24. The lowest BCUT2D eigenvalue weighted by atomic mass is 10.0. The van der Waals surface area contributed by atoms with Gasteiger partial charge in [-0.15, -0.1) is 0 Å². The predicted octanol–water partition coefficient (Wildman–Crippen LogP) is 2.09. The Kier molecular flexibility index (Phi) is 4.83. The van der Waals surface area contributed by atoms with Crippen molar-refractivity contribution in [2.24, 2.45) is 0 Å². The zero-order chi connectivity index (χ0) is 20.7. The highest BCUT2D eigenvalue weighted by Crippen LogP contribution is 2.30. The SMILES string of the molecule is Cc1cc(C)n2ncc(C(=O)N[C@H]3COc4cc(N5CCNCC5)ccc4C3)c2c1. The molecule has 1 aromatic carbocycles. The zero-order valence-corrected chi connectivity index (χ0v) is 17.4. The molecule has 156 valence electrons. The number of ether oxygens (including phenoxy) is 1. The Labute approximate surface area is 176 Å². The summed E-state index contributed by atoms with van der Waals surface area (Å²) in [5.74, 6) is 0.822. The number of piperazine rings is 1. The van der Waals surface area contributed by atoms with Crippen molar-refractivity contribution in [2.45, 2.75) is 26.3 Å². The summed E-state index contributed by atoms with van der Waals surface area (Å²) < 4.78 is 7.85. The van der Waals surface area contributed by atoms with Crippen LogP contribution in [0.15, 0.2) is 36.5 Å². The molecule has 3 aromatic rings. The van der Waals surface area contributed by atoms with E-state index in [2.05, 4.69) is 44.9 Å². The fourth-order valence-corrected chi connectivity index (χ4v) is 4.44. The average molecular weight is 406 g/mol. The number of carbonyl (C=O) groups is 1. The molecule has 0 saturated carbocycles. The minimum Gasteiger partial charge on any atom is -0.491 e. The maximum atomic E-state index is 13.0. The van der Waals surface area contributed by atoms with Crippen LogP contribution < -0.4 is 20.3 Å². The predicted molar refractivity (Wildman–Crippen MR) is 117 cm³/mol. The van der Waals surface area contributed by atoms with Crippen LogP contribution in [0.1, 0.15) is 27.2 Å². The van der Waals surface area contributed by atoms with Gasteiger partial charge in [0.05, 0.1) is 23.3 Å². The first kappa shape index (κ1) is 18.9. The standard InChI is InChI=1S/C23H27N5O2/c1-15-9-16(2)28-21(10-15)20(13-25-28)23(29)26-18-11-17-3-4-19(12-22(17)30-14-18)27-7-5-24-6-8-27/h3-4,9-10,12-13,18,24H,5-8,11,14H2,1-2H3,(H,26,29)/t18-/m1/s1. The van der Waals surface area contributed by atoms with Gasteiger partial charge in [0, 0.05) is 43.6 Å². The Morgan fingerprint density at radius 3 is 2.87 bits per heavy atom. The van der Waals surface area contributed by atoms with Crippen LogP contribution >= 0.6 is 0 Å². The van der Waals surface area contributed by atoms with Crippen molar-refractivity contribution >= 4 is 17.1 Å². The van der Waals surface area contributed by atoms with E-state index in [4.69, 9.17) is 4.74 Å². The van der Waals surface area contributed by atoms with Gasteiger partial charge in [-0.25, -0.2) is 4.52 Å². The molecule has 0 radical (unpaired) electrons. The molecule has 2 aliphatic rings. The van der Waals surface area contributed by atoms with Gasteiger partial charge >= 0.3 is 0 Å². The number of anilines is 1. The molecule has 0 bridgehead atoms. The van der Waals surface area contributed by atoms with E-state index < -0.39 is 0 Å². The Balaban J connectivity index is 1.30. The number of aromatic nitrogens is 2. The Morgan fingerprint density at radius 2 is 2.03 bits per heavy atom. The molecule has 0 aliphatic carbocycles. The highest BCUT2D eigenvalue weighted by molar-refractivity contribution is 6.00. The van der Waals surface area contributed by atoms with E-state index in [9.17, 15) is 4.79 Å². The fourth-order valence-electron chi connectivity index (χ4n) is 4.44. The number of benzene rings is 1. The van der Waals surface area contributed by atoms with E-state index in [1.54, 1.807) is 6.20 Å². The summed E-state index contributed by atoms with van der Waals surface area (Å²) in [5, 5.41) is 10.9. The maximum Gasteiger partial charge on any atom is 0.255 e. The lowest BCUT2D eigenvalue weighted by Gasteiger charge is -2.31. The molecule has 0 spiro atoms. The monoisotopic (exact) mass is 405 g/mol. The molecule has 5 rings (SSSR count). The van der Waals surface area contributed by atoms with Gasteiger partial charge in [-0.1, -0.05) is 6.07 Å². The fraction of sp³-hybridized carbons (Fsp3) is 0.391. The maximum absolute atomic E-state index is 13.0. The van der Waals surface area contributed by atoms with Crippen molar-refractivity contribution < 1.29 is 9.53 Å². The first-order valence-electron chi connectivity index (χ1n) is 10.6. The van der Waals surface area contributed by atoms with E-state index >= 15 is 0 Å². The number of rotatable bonds is 3. The van der Waals surface area contributed by atoms with Crippen molar-refractivity contribution in [1.29, 1.82) is 0 Å². The number of hydrogen-bond donors (Lipinski definition) is 2. The molecule has 4 heterocycles.